The molecule has 0 bridgehead atoms. The van der Waals surface area contributed by atoms with Crippen molar-refractivity contribution in [2.75, 3.05) is 19.7 Å². The fourth-order valence-corrected chi connectivity index (χ4v) is 2.50. The number of aliphatic imine (C=N–C) groups is 1. The molecule has 0 aliphatic carbocycles. The molecule has 0 saturated carbocycles. The second kappa shape index (κ2) is 7.28. The lowest BCUT2D eigenvalue weighted by atomic mass is 10.3. The van der Waals surface area contributed by atoms with E-state index in [-0.39, 0.29) is 30.1 Å². The first-order chi connectivity index (χ1) is 10.1. The molecule has 2 aromatic rings. The second-order valence-corrected chi connectivity index (χ2v) is 5.50. The summed E-state index contributed by atoms with van der Waals surface area (Å²) < 4.78 is 7.51. The minimum absolute atomic E-state index is 0. The third kappa shape index (κ3) is 3.89. The third-order valence-electron chi connectivity index (χ3n) is 3.63. The summed E-state index contributed by atoms with van der Waals surface area (Å²) in [6.45, 7) is 6.89. The van der Waals surface area contributed by atoms with Gasteiger partial charge in [0.2, 0.25) is 0 Å². The Kier molecular flexibility index (Phi) is 5.63. The minimum Gasteiger partial charge on any atom is -0.375 e. The van der Waals surface area contributed by atoms with Crippen LogP contribution in [0.2, 0.25) is 0 Å². The van der Waals surface area contributed by atoms with Crippen molar-refractivity contribution in [3.63, 3.8) is 0 Å². The molecule has 2 aromatic heterocycles. The van der Waals surface area contributed by atoms with Gasteiger partial charge in [0.05, 0.1) is 24.9 Å². The third-order valence-corrected chi connectivity index (χ3v) is 3.63. The Morgan fingerprint density at radius 2 is 2.36 bits per heavy atom. The molecule has 1 atom stereocenters. The highest BCUT2D eigenvalue weighted by atomic mass is 127. The Balaban J connectivity index is 0.00000176. The van der Waals surface area contributed by atoms with Crippen molar-refractivity contribution in [3.8, 4) is 0 Å². The Morgan fingerprint density at radius 3 is 3.14 bits per heavy atom. The van der Waals surface area contributed by atoms with E-state index >= 15 is 0 Å². The molecule has 1 saturated heterocycles. The number of fused-ring (bicyclic) bond motifs is 1. The molecule has 22 heavy (non-hydrogen) atoms. The Labute approximate surface area is 147 Å². The fourth-order valence-electron chi connectivity index (χ4n) is 2.50. The van der Waals surface area contributed by atoms with Crippen LogP contribution in [0.5, 0.6) is 0 Å². The highest BCUT2D eigenvalue weighted by Gasteiger charge is 2.17. The van der Waals surface area contributed by atoms with Crippen molar-refractivity contribution in [3.05, 3.63) is 35.8 Å². The number of morpholine rings is 1. The number of pyridine rings is 1. The number of rotatable bonds is 2. The summed E-state index contributed by atoms with van der Waals surface area (Å²) in [5.74, 6) is 0.568. The number of imidazole rings is 1. The zero-order valence-electron chi connectivity index (χ0n) is 12.9. The molecular formula is C15H22IN5O. The van der Waals surface area contributed by atoms with E-state index in [2.05, 4.69) is 33.9 Å². The van der Waals surface area contributed by atoms with Crippen LogP contribution in [0.1, 0.15) is 18.2 Å². The van der Waals surface area contributed by atoms with Crippen molar-refractivity contribution in [2.45, 2.75) is 26.5 Å². The van der Waals surface area contributed by atoms with Gasteiger partial charge in [-0.3, -0.25) is 0 Å². The molecule has 1 unspecified atom stereocenters. The molecule has 1 aliphatic rings. The normalized spacial score (nSPS) is 19.3. The van der Waals surface area contributed by atoms with Gasteiger partial charge in [-0.25, -0.2) is 9.98 Å². The summed E-state index contributed by atoms with van der Waals surface area (Å²) in [6, 6.07) is 4.12. The van der Waals surface area contributed by atoms with Gasteiger partial charge in [-0.15, -0.1) is 24.0 Å². The summed E-state index contributed by atoms with van der Waals surface area (Å²) in [6.07, 6.45) is 4.21. The summed E-state index contributed by atoms with van der Waals surface area (Å²) in [7, 11) is 0. The van der Waals surface area contributed by atoms with Crippen LogP contribution < -0.4 is 5.73 Å². The van der Waals surface area contributed by atoms with Crippen LogP contribution in [0.15, 0.2) is 29.5 Å². The molecule has 0 aromatic carbocycles. The lowest BCUT2D eigenvalue weighted by Crippen LogP contribution is -2.47. The van der Waals surface area contributed by atoms with Crippen LogP contribution in [-0.4, -0.2) is 46.0 Å². The maximum absolute atomic E-state index is 6.06. The van der Waals surface area contributed by atoms with Crippen LogP contribution in [0, 0.1) is 6.92 Å². The highest BCUT2D eigenvalue weighted by Crippen LogP contribution is 2.09. The maximum Gasteiger partial charge on any atom is 0.191 e. The number of nitrogens with zero attached hydrogens (tertiary/aromatic N) is 4. The summed E-state index contributed by atoms with van der Waals surface area (Å²) >= 11 is 0. The van der Waals surface area contributed by atoms with Crippen molar-refractivity contribution < 1.29 is 4.74 Å². The first-order valence-electron chi connectivity index (χ1n) is 7.22. The van der Waals surface area contributed by atoms with E-state index < -0.39 is 0 Å². The Bertz CT molecular complexity index is 669. The number of guanidine groups is 1. The van der Waals surface area contributed by atoms with Gasteiger partial charge in [-0.05, 0) is 31.5 Å². The molecule has 0 amide bonds. The van der Waals surface area contributed by atoms with Gasteiger partial charge >= 0.3 is 0 Å². The molecule has 120 valence electrons. The van der Waals surface area contributed by atoms with Gasteiger partial charge in [0.15, 0.2) is 5.96 Å². The quantitative estimate of drug-likeness (QED) is 0.462. The number of aryl methyl sites for hydroxylation is 1. The zero-order chi connectivity index (χ0) is 14.8. The molecule has 0 spiro atoms. The van der Waals surface area contributed by atoms with E-state index in [0.717, 1.165) is 24.4 Å². The topological polar surface area (TPSA) is 68.2 Å². The van der Waals surface area contributed by atoms with Gasteiger partial charge in [0, 0.05) is 25.5 Å². The highest BCUT2D eigenvalue weighted by molar-refractivity contribution is 14.0. The first-order valence-corrected chi connectivity index (χ1v) is 7.22. The van der Waals surface area contributed by atoms with Crippen LogP contribution >= 0.6 is 24.0 Å². The lowest BCUT2D eigenvalue weighted by molar-refractivity contribution is 0.00528. The molecule has 1 aliphatic heterocycles. The van der Waals surface area contributed by atoms with Crippen LogP contribution in [-0.2, 0) is 11.3 Å². The zero-order valence-corrected chi connectivity index (χ0v) is 15.2. The average molecular weight is 415 g/mol. The van der Waals surface area contributed by atoms with Gasteiger partial charge in [-0.1, -0.05) is 0 Å². The largest absolute Gasteiger partial charge is 0.375 e. The number of ether oxygens (including phenoxy) is 1. The predicted octanol–water partition coefficient (Wildman–Crippen LogP) is 1.80. The molecule has 6 nitrogen and oxygen atoms in total. The Hall–Kier alpha value is -1.35. The molecule has 2 N–H and O–H groups in total. The predicted molar refractivity (Wildman–Crippen MR) is 97.7 cm³/mol. The van der Waals surface area contributed by atoms with Gasteiger partial charge < -0.3 is 19.8 Å². The molecule has 0 radical (unpaired) electrons. The maximum atomic E-state index is 6.06. The van der Waals surface area contributed by atoms with Crippen LogP contribution in [0.25, 0.3) is 5.65 Å². The lowest BCUT2D eigenvalue weighted by Gasteiger charge is -2.31. The van der Waals surface area contributed by atoms with E-state index in [1.54, 1.807) is 0 Å². The van der Waals surface area contributed by atoms with Crippen LogP contribution in [0.4, 0.5) is 0 Å². The van der Waals surface area contributed by atoms with Gasteiger partial charge in [-0.2, -0.15) is 0 Å². The van der Waals surface area contributed by atoms with Crippen molar-refractivity contribution in [1.29, 1.82) is 0 Å². The summed E-state index contributed by atoms with van der Waals surface area (Å²) in [4.78, 5) is 11.1. The number of aromatic nitrogens is 2. The molecule has 3 heterocycles. The van der Waals surface area contributed by atoms with E-state index in [0.29, 0.717) is 19.1 Å². The first kappa shape index (κ1) is 17.0. The monoisotopic (exact) mass is 415 g/mol. The van der Waals surface area contributed by atoms with Gasteiger partial charge in [0.25, 0.3) is 0 Å². The SMILES string of the molecule is Cc1ccn2cc(CN=C(N)N3CCOC(C)C3)nc2c1.I. The molecule has 3 rings (SSSR count). The number of hydrogen-bond acceptors (Lipinski definition) is 3. The summed E-state index contributed by atoms with van der Waals surface area (Å²) in [5.41, 5.74) is 9.13. The van der Waals surface area contributed by atoms with E-state index in [1.807, 2.05) is 23.7 Å². The molecule has 7 heteroatoms. The summed E-state index contributed by atoms with van der Waals surface area (Å²) in [5, 5.41) is 0. The fraction of sp³-hybridized carbons (Fsp3) is 0.467. The molecule has 1 fully saturated rings. The van der Waals surface area contributed by atoms with E-state index in [1.165, 1.54) is 5.56 Å². The Morgan fingerprint density at radius 1 is 1.55 bits per heavy atom. The van der Waals surface area contributed by atoms with Crippen LogP contribution in [0.3, 0.4) is 0 Å². The van der Waals surface area contributed by atoms with E-state index in [9.17, 15) is 0 Å². The average Bonchev–Trinajstić information content (AvgIpc) is 2.86. The van der Waals surface area contributed by atoms with E-state index in [4.69, 9.17) is 10.5 Å². The molecular weight excluding hydrogens is 393 g/mol. The van der Waals surface area contributed by atoms with Crippen molar-refractivity contribution in [1.82, 2.24) is 14.3 Å². The minimum atomic E-state index is 0. The second-order valence-electron chi connectivity index (χ2n) is 5.50. The number of halogens is 1. The number of nitrogens with two attached hydrogens (primary N) is 1. The smallest absolute Gasteiger partial charge is 0.191 e. The van der Waals surface area contributed by atoms with Crippen molar-refractivity contribution >= 4 is 35.6 Å². The van der Waals surface area contributed by atoms with Gasteiger partial charge in [0.1, 0.15) is 5.65 Å². The number of hydrogen-bond donors (Lipinski definition) is 1. The standard InChI is InChI=1S/C15H21N5O.HI/c1-11-3-4-19-10-13(18-14(19)7-11)8-17-15(16)20-5-6-21-12(2)9-20;/h3-4,7,10,12H,5-6,8-9H2,1-2H3,(H2,16,17);1H. The van der Waals surface area contributed by atoms with Crippen molar-refractivity contribution in [2.24, 2.45) is 10.7 Å².